The molecule has 0 radical (unpaired) electrons. The van der Waals surface area contributed by atoms with Crippen LogP contribution in [0, 0.1) is 24.1 Å². The number of nitriles is 1. The smallest absolute Gasteiger partial charge is 0.195 e. The van der Waals surface area contributed by atoms with Gasteiger partial charge >= 0.3 is 0 Å². The third kappa shape index (κ3) is 4.89. The Morgan fingerprint density at radius 1 is 1.30 bits per heavy atom. The van der Waals surface area contributed by atoms with Crippen molar-refractivity contribution in [3.63, 3.8) is 0 Å². The highest BCUT2D eigenvalue weighted by Crippen LogP contribution is 2.33. The summed E-state index contributed by atoms with van der Waals surface area (Å²) >= 11 is 0. The number of benzene rings is 2. The molecule has 8 nitrogen and oxygen atoms in total. The molecule has 1 fully saturated rings. The zero-order valence-corrected chi connectivity index (χ0v) is 20.1. The number of anilines is 1. The highest BCUT2D eigenvalue weighted by molar-refractivity contribution is 6.19. The Balaban J connectivity index is 1.47. The molecule has 2 aromatic carbocycles. The standard InChI is InChI=1S/C28H25FN4O4/c1-16-10-19(37-24-5-3-2-4-23(24)29)8-9-21(16)27(35)22-13-32-28-25(22)26(17(11-30)12-31-28)33-18-6-7-20(14-34)36-15-18/h2-5,8-10,12-13,18,20,34H,6-7,14-15H2,1H3,(H2,31,32,33)/t18-,20+/m1/s1. The third-order valence-electron chi connectivity index (χ3n) is 6.50. The number of aliphatic hydroxyl groups is 1. The number of nitrogens with one attached hydrogen (secondary N) is 2. The average molecular weight is 501 g/mol. The molecule has 4 aromatic rings. The molecule has 1 aliphatic rings. The van der Waals surface area contributed by atoms with Gasteiger partial charge in [-0.15, -0.1) is 0 Å². The lowest BCUT2D eigenvalue weighted by molar-refractivity contribution is -0.0223. The van der Waals surface area contributed by atoms with Gasteiger partial charge in [0, 0.05) is 24.0 Å². The summed E-state index contributed by atoms with van der Waals surface area (Å²) in [7, 11) is 0. The number of fused-ring (bicyclic) bond motifs is 1. The number of ether oxygens (including phenoxy) is 2. The molecule has 3 N–H and O–H groups in total. The fraction of sp³-hybridized carbons (Fsp3) is 0.250. The Labute approximate surface area is 212 Å². The number of aliphatic hydroxyl groups excluding tert-OH is 1. The highest BCUT2D eigenvalue weighted by Gasteiger charge is 2.26. The van der Waals surface area contributed by atoms with E-state index >= 15 is 0 Å². The summed E-state index contributed by atoms with van der Waals surface area (Å²) in [4.78, 5) is 21.1. The van der Waals surface area contributed by atoms with Crippen LogP contribution in [-0.4, -0.2) is 46.2 Å². The quantitative estimate of drug-likeness (QED) is 0.310. The van der Waals surface area contributed by atoms with Crippen LogP contribution >= 0.6 is 0 Å². The predicted octanol–water partition coefficient (Wildman–Crippen LogP) is 4.86. The summed E-state index contributed by atoms with van der Waals surface area (Å²) in [5.74, 6) is -0.218. The first-order valence-electron chi connectivity index (χ1n) is 12.0. The molecule has 0 aliphatic carbocycles. The fourth-order valence-electron chi connectivity index (χ4n) is 4.53. The molecular weight excluding hydrogens is 475 g/mol. The minimum absolute atomic E-state index is 0.0321. The average Bonchev–Trinajstić information content (AvgIpc) is 3.35. The van der Waals surface area contributed by atoms with Gasteiger partial charge in [-0.1, -0.05) is 12.1 Å². The normalized spacial score (nSPS) is 17.4. The Hall–Kier alpha value is -4.26. The maximum atomic E-state index is 14.0. The number of aromatic amines is 1. The second-order valence-electron chi connectivity index (χ2n) is 8.98. The number of para-hydroxylation sites is 1. The minimum Gasteiger partial charge on any atom is -0.454 e. The summed E-state index contributed by atoms with van der Waals surface area (Å²) in [6.45, 7) is 2.12. The first-order chi connectivity index (χ1) is 18.0. The van der Waals surface area contributed by atoms with Gasteiger partial charge in [-0.25, -0.2) is 9.37 Å². The molecule has 2 aromatic heterocycles. The van der Waals surface area contributed by atoms with E-state index in [9.17, 15) is 19.6 Å². The SMILES string of the molecule is Cc1cc(Oc2ccccc2F)ccc1C(=O)c1c[nH]c2ncc(C#N)c(N[C@@H]3CC[C@@H](CO)OC3)c12. The Kier molecular flexibility index (Phi) is 6.86. The number of hydrogen-bond acceptors (Lipinski definition) is 7. The van der Waals surface area contributed by atoms with Crippen molar-refractivity contribution in [3.05, 3.63) is 82.9 Å². The molecule has 37 heavy (non-hydrogen) atoms. The molecule has 0 spiro atoms. The number of halogens is 1. The Morgan fingerprint density at radius 3 is 2.84 bits per heavy atom. The van der Waals surface area contributed by atoms with Gasteiger partial charge in [0.1, 0.15) is 17.5 Å². The molecule has 0 amide bonds. The van der Waals surface area contributed by atoms with Crippen LogP contribution in [0.3, 0.4) is 0 Å². The molecule has 1 saturated heterocycles. The van der Waals surface area contributed by atoms with Crippen molar-refractivity contribution in [2.75, 3.05) is 18.5 Å². The van der Waals surface area contributed by atoms with Crippen molar-refractivity contribution >= 4 is 22.5 Å². The molecule has 2 atom stereocenters. The number of ketones is 1. The van der Waals surface area contributed by atoms with E-state index in [4.69, 9.17) is 9.47 Å². The summed E-state index contributed by atoms with van der Waals surface area (Å²) in [5, 5.41) is 23.0. The van der Waals surface area contributed by atoms with E-state index in [-0.39, 0.29) is 30.3 Å². The van der Waals surface area contributed by atoms with Crippen molar-refractivity contribution < 1.29 is 23.8 Å². The molecule has 5 rings (SSSR count). The van der Waals surface area contributed by atoms with E-state index in [0.717, 1.165) is 6.42 Å². The topological polar surface area (TPSA) is 120 Å². The van der Waals surface area contributed by atoms with Crippen molar-refractivity contribution in [1.29, 1.82) is 5.26 Å². The van der Waals surface area contributed by atoms with Crippen LogP contribution in [0.2, 0.25) is 0 Å². The van der Waals surface area contributed by atoms with Gasteiger partial charge in [0.25, 0.3) is 0 Å². The van der Waals surface area contributed by atoms with Gasteiger partial charge in [0.05, 0.1) is 41.5 Å². The van der Waals surface area contributed by atoms with E-state index in [1.54, 1.807) is 43.5 Å². The number of pyridine rings is 1. The van der Waals surface area contributed by atoms with Crippen LogP contribution in [-0.2, 0) is 4.74 Å². The second-order valence-corrected chi connectivity index (χ2v) is 8.98. The Morgan fingerprint density at radius 2 is 2.14 bits per heavy atom. The number of nitrogens with zero attached hydrogens (tertiary/aromatic N) is 2. The van der Waals surface area contributed by atoms with E-state index in [2.05, 4.69) is 21.4 Å². The van der Waals surface area contributed by atoms with Crippen LogP contribution < -0.4 is 10.1 Å². The van der Waals surface area contributed by atoms with E-state index < -0.39 is 5.82 Å². The minimum atomic E-state index is -0.477. The molecule has 188 valence electrons. The van der Waals surface area contributed by atoms with Crippen LogP contribution in [0.25, 0.3) is 11.0 Å². The summed E-state index contributed by atoms with van der Waals surface area (Å²) < 4.78 is 25.3. The molecule has 0 saturated carbocycles. The molecule has 0 bridgehead atoms. The van der Waals surface area contributed by atoms with Gasteiger partial charge in [0.15, 0.2) is 17.3 Å². The predicted molar refractivity (Wildman–Crippen MR) is 135 cm³/mol. The van der Waals surface area contributed by atoms with Crippen LogP contribution in [0.1, 0.15) is 39.9 Å². The van der Waals surface area contributed by atoms with Gasteiger partial charge in [0.2, 0.25) is 0 Å². The number of aryl methyl sites for hydroxylation is 1. The lowest BCUT2D eigenvalue weighted by Crippen LogP contribution is -2.36. The summed E-state index contributed by atoms with van der Waals surface area (Å²) in [6, 6.07) is 13.1. The number of rotatable bonds is 7. The van der Waals surface area contributed by atoms with Crippen molar-refractivity contribution in [3.8, 4) is 17.6 Å². The van der Waals surface area contributed by atoms with Gasteiger partial charge in [-0.3, -0.25) is 4.79 Å². The lowest BCUT2D eigenvalue weighted by atomic mass is 9.97. The van der Waals surface area contributed by atoms with Gasteiger partial charge in [-0.05, 0) is 55.7 Å². The van der Waals surface area contributed by atoms with Crippen molar-refractivity contribution in [1.82, 2.24) is 9.97 Å². The first kappa shape index (κ1) is 24.4. The van der Waals surface area contributed by atoms with Gasteiger partial charge < -0.3 is 24.9 Å². The van der Waals surface area contributed by atoms with E-state index in [0.29, 0.717) is 57.8 Å². The number of carbonyl (C=O) groups excluding carboxylic acids is 1. The summed E-state index contributed by atoms with van der Waals surface area (Å²) in [6.07, 6.45) is 4.30. The van der Waals surface area contributed by atoms with Crippen LogP contribution in [0.4, 0.5) is 10.1 Å². The molecule has 1 aliphatic heterocycles. The molecular formula is C28H25FN4O4. The van der Waals surface area contributed by atoms with E-state index in [1.807, 2.05) is 0 Å². The van der Waals surface area contributed by atoms with Crippen molar-refractivity contribution in [2.45, 2.75) is 31.9 Å². The number of aromatic nitrogens is 2. The zero-order chi connectivity index (χ0) is 25.9. The monoisotopic (exact) mass is 500 g/mol. The summed E-state index contributed by atoms with van der Waals surface area (Å²) in [5.41, 5.74) is 2.79. The maximum Gasteiger partial charge on any atom is 0.195 e. The highest BCUT2D eigenvalue weighted by atomic mass is 19.1. The molecule has 9 heteroatoms. The van der Waals surface area contributed by atoms with E-state index in [1.165, 1.54) is 18.3 Å². The van der Waals surface area contributed by atoms with Crippen molar-refractivity contribution in [2.24, 2.45) is 0 Å². The molecule has 0 unspecified atom stereocenters. The number of carbonyl (C=O) groups is 1. The molecule has 3 heterocycles. The number of H-pyrrole nitrogens is 1. The van der Waals surface area contributed by atoms with Crippen LogP contribution in [0.15, 0.2) is 54.9 Å². The zero-order valence-electron chi connectivity index (χ0n) is 20.1. The number of hydrogen-bond donors (Lipinski definition) is 3. The lowest BCUT2D eigenvalue weighted by Gasteiger charge is -2.29. The van der Waals surface area contributed by atoms with Crippen LogP contribution in [0.5, 0.6) is 11.5 Å². The van der Waals surface area contributed by atoms with Gasteiger partial charge in [-0.2, -0.15) is 5.26 Å². The Bertz CT molecular complexity index is 1500. The fourth-order valence-corrected chi connectivity index (χ4v) is 4.53. The second kappa shape index (κ2) is 10.4. The largest absolute Gasteiger partial charge is 0.454 e. The third-order valence-corrected chi connectivity index (χ3v) is 6.50. The maximum absolute atomic E-state index is 14.0. The first-order valence-corrected chi connectivity index (χ1v) is 12.0.